The van der Waals surface area contributed by atoms with E-state index >= 15 is 0 Å². The Labute approximate surface area is 160 Å². The summed E-state index contributed by atoms with van der Waals surface area (Å²) in [4.78, 5) is 0. The molecule has 0 fully saturated rings. The lowest BCUT2D eigenvalue weighted by Gasteiger charge is -2.07. The number of unbranched alkanes of at least 4 members (excludes halogenated alkanes) is 1. The number of aliphatic hydroxyl groups is 1. The molecule has 0 aliphatic carbocycles. The fraction of sp³-hybridized carbons (Fsp3) is 0.200. The van der Waals surface area contributed by atoms with E-state index in [0.717, 1.165) is 41.5 Å². The fourth-order valence-electron chi connectivity index (χ4n) is 3.09. The second-order valence-corrected chi connectivity index (χ2v) is 6.86. The summed E-state index contributed by atoms with van der Waals surface area (Å²) in [5.74, 6) is -0.214. The molecule has 0 aromatic heterocycles. The molecule has 0 heterocycles. The lowest BCUT2D eigenvalue weighted by atomic mass is 9.99. The van der Waals surface area contributed by atoms with E-state index in [-0.39, 0.29) is 11.9 Å². The summed E-state index contributed by atoms with van der Waals surface area (Å²) in [6.07, 6.45) is 6.32. The highest BCUT2D eigenvalue weighted by molar-refractivity contribution is 5.71. The first-order chi connectivity index (χ1) is 13.1. The highest BCUT2D eigenvalue weighted by Crippen LogP contribution is 2.27. The van der Waals surface area contributed by atoms with Crippen LogP contribution in [0.5, 0.6) is 0 Å². The van der Waals surface area contributed by atoms with Gasteiger partial charge in [-0.25, -0.2) is 4.39 Å². The standard InChI is InChI=1S/C25H25FO/c1-19(27)8-4-2-5-9-20-12-17-24(25(26)18-20)23-15-13-22(14-16-23)21-10-6-3-7-11-21/h3,5-7,9-19,27H,2,4,8H2,1H3. The van der Waals surface area contributed by atoms with Crippen molar-refractivity contribution in [3.8, 4) is 22.3 Å². The molecule has 0 saturated heterocycles. The van der Waals surface area contributed by atoms with Gasteiger partial charge in [0.25, 0.3) is 0 Å². The van der Waals surface area contributed by atoms with E-state index in [1.54, 1.807) is 13.0 Å². The Morgan fingerprint density at radius 2 is 1.56 bits per heavy atom. The van der Waals surface area contributed by atoms with E-state index in [2.05, 4.69) is 12.1 Å². The summed E-state index contributed by atoms with van der Waals surface area (Å²) >= 11 is 0. The van der Waals surface area contributed by atoms with E-state index in [9.17, 15) is 9.50 Å². The Morgan fingerprint density at radius 1 is 0.889 bits per heavy atom. The first-order valence-corrected chi connectivity index (χ1v) is 9.43. The maximum Gasteiger partial charge on any atom is 0.131 e. The van der Waals surface area contributed by atoms with Crippen LogP contribution < -0.4 is 0 Å². The molecule has 0 amide bonds. The minimum absolute atomic E-state index is 0.214. The van der Waals surface area contributed by atoms with Crippen LogP contribution in [-0.4, -0.2) is 11.2 Å². The molecule has 3 rings (SSSR count). The topological polar surface area (TPSA) is 20.2 Å². The molecule has 0 aliphatic heterocycles. The third-order valence-corrected chi connectivity index (χ3v) is 4.60. The molecular weight excluding hydrogens is 335 g/mol. The molecule has 0 saturated carbocycles. The normalized spacial score (nSPS) is 12.4. The molecular formula is C25H25FO. The first-order valence-electron chi connectivity index (χ1n) is 9.43. The molecule has 1 N–H and O–H groups in total. The minimum Gasteiger partial charge on any atom is -0.393 e. The average molecular weight is 360 g/mol. The van der Waals surface area contributed by atoms with Gasteiger partial charge in [-0.1, -0.05) is 78.9 Å². The van der Waals surface area contributed by atoms with Crippen molar-refractivity contribution in [2.24, 2.45) is 0 Å². The summed E-state index contributed by atoms with van der Waals surface area (Å²) in [5.41, 5.74) is 4.62. The Balaban J connectivity index is 1.69. The van der Waals surface area contributed by atoms with Crippen molar-refractivity contribution in [2.75, 3.05) is 0 Å². The van der Waals surface area contributed by atoms with Crippen LogP contribution in [0, 0.1) is 5.82 Å². The number of hydrogen-bond acceptors (Lipinski definition) is 1. The van der Waals surface area contributed by atoms with Crippen molar-refractivity contribution in [1.82, 2.24) is 0 Å². The Bertz CT molecular complexity index is 880. The Morgan fingerprint density at radius 3 is 2.22 bits per heavy atom. The van der Waals surface area contributed by atoms with Gasteiger partial charge in [0.15, 0.2) is 0 Å². The van der Waals surface area contributed by atoms with Gasteiger partial charge in [-0.15, -0.1) is 0 Å². The molecule has 0 radical (unpaired) electrons. The van der Waals surface area contributed by atoms with Crippen LogP contribution in [-0.2, 0) is 0 Å². The van der Waals surface area contributed by atoms with Crippen molar-refractivity contribution in [3.63, 3.8) is 0 Å². The molecule has 138 valence electrons. The SMILES string of the molecule is CC(O)CCCC=Cc1ccc(-c2ccc(-c3ccccc3)cc2)c(F)c1. The zero-order chi connectivity index (χ0) is 19.1. The number of rotatable bonds is 7. The molecule has 0 spiro atoms. The first kappa shape index (κ1) is 19.1. The molecule has 1 nitrogen and oxygen atoms in total. The van der Waals surface area contributed by atoms with Crippen LogP contribution in [0.4, 0.5) is 4.39 Å². The van der Waals surface area contributed by atoms with Gasteiger partial charge < -0.3 is 5.11 Å². The van der Waals surface area contributed by atoms with Gasteiger partial charge in [0.05, 0.1) is 6.10 Å². The molecule has 0 aliphatic rings. The lowest BCUT2D eigenvalue weighted by molar-refractivity contribution is 0.182. The van der Waals surface area contributed by atoms with Crippen LogP contribution in [0.2, 0.25) is 0 Å². The van der Waals surface area contributed by atoms with Crippen LogP contribution in [0.1, 0.15) is 31.7 Å². The largest absolute Gasteiger partial charge is 0.393 e. The van der Waals surface area contributed by atoms with Gasteiger partial charge in [0.2, 0.25) is 0 Å². The van der Waals surface area contributed by atoms with Crippen LogP contribution >= 0.6 is 0 Å². The van der Waals surface area contributed by atoms with Crippen LogP contribution in [0.25, 0.3) is 28.3 Å². The molecule has 1 unspecified atom stereocenters. The summed E-state index contributed by atoms with van der Waals surface area (Å²) in [6, 6.07) is 23.5. The fourth-order valence-corrected chi connectivity index (χ4v) is 3.09. The average Bonchev–Trinajstić information content (AvgIpc) is 2.68. The second kappa shape index (κ2) is 9.29. The van der Waals surface area contributed by atoms with Crippen molar-refractivity contribution in [2.45, 2.75) is 32.3 Å². The van der Waals surface area contributed by atoms with Gasteiger partial charge >= 0.3 is 0 Å². The molecule has 2 heteroatoms. The number of benzene rings is 3. The van der Waals surface area contributed by atoms with E-state index in [1.807, 2.05) is 66.7 Å². The van der Waals surface area contributed by atoms with Crippen molar-refractivity contribution >= 4 is 6.08 Å². The summed E-state index contributed by atoms with van der Waals surface area (Å²) in [6.45, 7) is 1.80. The lowest BCUT2D eigenvalue weighted by Crippen LogP contribution is -1.97. The van der Waals surface area contributed by atoms with Gasteiger partial charge in [-0.3, -0.25) is 0 Å². The Hall–Kier alpha value is -2.71. The summed E-state index contributed by atoms with van der Waals surface area (Å²) in [5, 5.41) is 9.25. The third-order valence-electron chi connectivity index (χ3n) is 4.60. The van der Waals surface area contributed by atoms with Crippen molar-refractivity contribution in [3.05, 3.63) is 90.3 Å². The molecule has 0 bridgehead atoms. The maximum atomic E-state index is 14.6. The van der Waals surface area contributed by atoms with E-state index in [0.29, 0.717) is 5.56 Å². The predicted molar refractivity (Wildman–Crippen MR) is 112 cm³/mol. The second-order valence-electron chi connectivity index (χ2n) is 6.86. The van der Waals surface area contributed by atoms with Crippen LogP contribution in [0.3, 0.4) is 0 Å². The van der Waals surface area contributed by atoms with Crippen molar-refractivity contribution in [1.29, 1.82) is 0 Å². The monoisotopic (exact) mass is 360 g/mol. The number of allylic oxidation sites excluding steroid dienone is 1. The van der Waals surface area contributed by atoms with Gasteiger partial charge in [-0.05, 0) is 54.5 Å². The third kappa shape index (κ3) is 5.38. The van der Waals surface area contributed by atoms with Crippen molar-refractivity contribution < 1.29 is 9.50 Å². The van der Waals surface area contributed by atoms with E-state index in [1.165, 1.54) is 0 Å². The number of hydrogen-bond donors (Lipinski definition) is 1. The van der Waals surface area contributed by atoms with Gasteiger partial charge in [0, 0.05) is 5.56 Å². The highest BCUT2D eigenvalue weighted by Gasteiger charge is 2.06. The predicted octanol–water partition coefficient (Wildman–Crippen LogP) is 6.72. The Kier molecular flexibility index (Phi) is 6.56. The molecule has 3 aromatic carbocycles. The minimum atomic E-state index is -0.261. The summed E-state index contributed by atoms with van der Waals surface area (Å²) < 4.78 is 14.6. The quantitative estimate of drug-likeness (QED) is 0.463. The zero-order valence-electron chi connectivity index (χ0n) is 15.6. The van der Waals surface area contributed by atoms with E-state index < -0.39 is 0 Å². The zero-order valence-corrected chi connectivity index (χ0v) is 15.6. The molecule has 1 atom stereocenters. The summed E-state index contributed by atoms with van der Waals surface area (Å²) in [7, 11) is 0. The number of halogens is 1. The smallest absolute Gasteiger partial charge is 0.131 e. The molecule has 27 heavy (non-hydrogen) atoms. The highest BCUT2D eigenvalue weighted by atomic mass is 19.1. The van der Waals surface area contributed by atoms with E-state index in [4.69, 9.17) is 0 Å². The van der Waals surface area contributed by atoms with Gasteiger partial charge in [0.1, 0.15) is 5.82 Å². The molecule has 3 aromatic rings. The van der Waals surface area contributed by atoms with Gasteiger partial charge in [-0.2, -0.15) is 0 Å². The van der Waals surface area contributed by atoms with Crippen LogP contribution in [0.15, 0.2) is 78.9 Å². The number of aliphatic hydroxyl groups excluding tert-OH is 1. The maximum absolute atomic E-state index is 14.6.